The number of benzene rings is 1. The van der Waals surface area contributed by atoms with Crippen molar-refractivity contribution in [3.8, 4) is 11.3 Å². The van der Waals surface area contributed by atoms with Crippen LogP contribution >= 0.6 is 0 Å². The summed E-state index contributed by atoms with van der Waals surface area (Å²) in [6.45, 7) is -1.36. The van der Waals surface area contributed by atoms with Gasteiger partial charge in [0.1, 0.15) is 30.2 Å². The molecule has 0 saturated carbocycles. The van der Waals surface area contributed by atoms with Crippen LogP contribution in [0.1, 0.15) is 11.7 Å². The van der Waals surface area contributed by atoms with Gasteiger partial charge in [-0.05, 0) is 12.1 Å². The number of rotatable bonds is 8. The molecule has 2 N–H and O–H groups in total. The van der Waals surface area contributed by atoms with Gasteiger partial charge in [-0.2, -0.15) is 0 Å². The molecule has 0 radical (unpaired) electrons. The number of Topliss-reactive ketones (excluding diaryl/α,β-unsaturated/α-hetero) is 1. The number of carbonyl (C=O) groups is 3. The number of hydrogen-bond donors (Lipinski definition) is 2. The molecule has 1 aromatic carbocycles. The van der Waals surface area contributed by atoms with Gasteiger partial charge in [-0.25, -0.2) is 9.18 Å². The Morgan fingerprint density at radius 1 is 1.22 bits per heavy atom. The van der Waals surface area contributed by atoms with E-state index in [0.717, 1.165) is 5.56 Å². The molecule has 0 fully saturated rings. The lowest BCUT2D eigenvalue weighted by atomic mass is 9.93. The van der Waals surface area contributed by atoms with Crippen LogP contribution < -0.4 is 5.32 Å². The first kappa shape index (κ1) is 16.4. The fourth-order valence-corrected chi connectivity index (χ4v) is 2.25. The number of nitrogens with one attached hydrogen (secondary N) is 1. The van der Waals surface area contributed by atoms with Crippen LogP contribution in [-0.2, 0) is 14.4 Å². The predicted molar refractivity (Wildman–Crippen MR) is 78.5 cm³/mol. The Morgan fingerprint density at radius 2 is 1.91 bits per heavy atom. The molecule has 2 rings (SSSR count). The van der Waals surface area contributed by atoms with Crippen molar-refractivity contribution in [3.63, 3.8) is 0 Å². The summed E-state index contributed by atoms with van der Waals surface area (Å²) in [5, 5.41) is 11.2. The molecule has 1 amide bonds. The maximum absolute atomic E-state index is 12.8. The lowest BCUT2D eigenvalue weighted by Crippen LogP contribution is -2.44. The molecule has 0 aliphatic heterocycles. The largest absolute Gasteiger partial charge is 0.480 e. The van der Waals surface area contributed by atoms with Crippen LogP contribution in [0.4, 0.5) is 4.39 Å². The number of hydrogen-bond acceptors (Lipinski definition) is 4. The summed E-state index contributed by atoms with van der Waals surface area (Å²) in [6.07, 6.45) is 0.151. The second-order valence-electron chi connectivity index (χ2n) is 4.75. The second kappa shape index (κ2) is 7.35. The second-order valence-corrected chi connectivity index (χ2v) is 4.75. The SMILES string of the molecule is O=CNC(C(=O)O)C(C(=O)CF)c1ccc(-c2ccccc2)o1. The maximum atomic E-state index is 12.8. The van der Waals surface area contributed by atoms with Crippen LogP contribution in [0.5, 0.6) is 0 Å². The number of aliphatic carboxylic acids is 1. The van der Waals surface area contributed by atoms with Gasteiger partial charge in [0.25, 0.3) is 0 Å². The number of amides is 1. The third kappa shape index (κ3) is 3.63. The molecule has 0 bridgehead atoms. The van der Waals surface area contributed by atoms with E-state index in [4.69, 9.17) is 9.52 Å². The topological polar surface area (TPSA) is 96.6 Å². The van der Waals surface area contributed by atoms with E-state index >= 15 is 0 Å². The number of carboxylic acids is 1. The molecule has 2 unspecified atom stereocenters. The van der Waals surface area contributed by atoms with Crippen molar-refractivity contribution in [1.82, 2.24) is 5.32 Å². The van der Waals surface area contributed by atoms with Crippen LogP contribution in [0.15, 0.2) is 46.9 Å². The van der Waals surface area contributed by atoms with Gasteiger partial charge in [0, 0.05) is 5.56 Å². The molecular weight excluding hydrogens is 305 g/mol. The molecule has 2 atom stereocenters. The van der Waals surface area contributed by atoms with E-state index in [0.29, 0.717) is 5.76 Å². The van der Waals surface area contributed by atoms with Gasteiger partial charge < -0.3 is 14.8 Å². The zero-order chi connectivity index (χ0) is 16.8. The minimum absolute atomic E-state index is 0.0201. The summed E-state index contributed by atoms with van der Waals surface area (Å²) in [5.41, 5.74) is 0.723. The Bertz CT molecular complexity index is 698. The first-order valence-electron chi connectivity index (χ1n) is 6.74. The molecule has 0 spiro atoms. The molecule has 7 heteroatoms. The van der Waals surface area contributed by atoms with Gasteiger partial charge in [0.05, 0.1) is 0 Å². The lowest BCUT2D eigenvalue weighted by molar-refractivity contribution is -0.143. The standard InChI is InChI=1S/C16H14FNO5/c17-8-11(20)14(15(16(21)22)18-9-19)13-7-6-12(23-13)10-4-2-1-3-5-10/h1-7,9,14-15H,8H2,(H,18,19)(H,21,22). The molecule has 1 heterocycles. The highest BCUT2D eigenvalue weighted by molar-refractivity contribution is 5.93. The first-order chi connectivity index (χ1) is 11.1. The van der Waals surface area contributed by atoms with Crippen LogP contribution in [0.2, 0.25) is 0 Å². The molecule has 0 aliphatic carbocycles. The smallest absolute Gasteiger partial charge is 0.327 e. The summed E-state index contributed by atoms with van der Waals surface area (Å²) in [4.78, 5) is 33.7. The molecule has 23 heavy (non-hydrogen) atoms. The highest BCUT2D eigenvalue weighted by Gasteiger charge is 2.37. The van der Waals surface area contributed by atoms with Crippen molar-refractivity contribution in [2.45, 2.75) is 12.0 Å². The van der Waals surface area contributed by atoms with Gasteiger partial charge in [-0.1, -0.05) is 30.3 Å². The number of carbonyl (C=O) groups excluding carboxylic acids is 2. The van der Waals surface area contributed by atoms with E-state index in [-0.39, 0.29) is 12.2 Å². The zero-order valence-corrected chi connectivity index (χ0v) is 11.9. The number of halogens is 1. The first-order valence-corrected chi connectivity index (χ1v) is 6.74. The van der Waals surface area contributed by atoms with E-state index in [1.807, 2.05) is 11.4 Å². The Balaban J connectivity index is 2.40. The van der Waals surface area contributed by atoms with Crippen molar-refractivity contribution in [3.05, 3.63) is 48.2 Å². The van der Waals surface area contributed by atoms with Crippen LogP contribution in [0, 0.1) is 0 Å². The van der Waals surface area contributed by atoms with Crippen molar-refractivity contribution in [2.24, 2.45) is 0 Å². The number of alkyl halides is 1. The van der Waals surface area contributed by atoms with Gasteiger partial charge >= 0.3 is 5.97 Å². The monoisotopic (exact) mass is 319 g/mol. The van der Waals surface area contributed by atoms with Crippen LogP contribution in [0.25, 0.3) is 11.3 Å². The fraction of sp³-hybridized carbons (Fsp3) is 0.188. The summed E-state index contributed by atoms with van der Waals surface area (Å²) in [5.74, 6) is -3.50. The molecule has 0 saturated heterocycles. The average molecular weight is 319 g/mol. The summed E-state index contributed by atoms with van der Waals surface area (Å²) in [6, 6.07) is 10.3. The third-order valence-corrected chi connectivity index (χ3v) is 3.32. The van der Waals surface area contributed by atoms with E-state index in [2.05, 4.69) is 0 Å². The maximum Gasteiger partial charge on any atom is 0.327 e. The van der Waals surface area contributed by atoms with Gasteiger partial charge in [-0.3, -0.25) is 9.59 Å². The Labute approximate surface area is 130 Å². The van der Waals surface area contributed by atoms with E-state index in [1.165, 1.54) is 6.07 Å². The molecule has 120 valence electrons. The lowest BCUT2D eigenvalue weighted by Gasteiger charge is -2.19. The molecule has 6 nitrogen and oxygen atoms in total. The predicted octanol–water partition coefficient (Wildman–Crippen LogP) is 1.77. The summed E-state index contributed by atoms with van der Waals surface area (Å²) in [7, 11) is 0. The highest BCUT2D eigenvalue weighted by Crippen LogP contribution is 2.29. The van der Waals surface area contributed by atoms with Crippen molar-refractivity contribution >= 4 is 18.2 Å². The van der Waals surface area contributed by atoms with Crippen LogP contribution in [-0.4, -0.2) is 36.0 Å². The Hall–Kier alpha value is -2.96. The van der Waals surface area contributed by atoms with Gasteiger partial charge in [0.2, 0.25) is 6.41 Å². The number of furan rings is 1. The van der Waals surface area contributed by atoms with Crippen molar-refractivity contribution in [2.75, 3.05) is 6.67 Å². The quantitative estimate of drug-likeness (QED) is 0.723. The van der Waals surface area contributed by atoms with Crippen LogP contribution in [0.3, 0.4) is 0 Å². The number of ketones is 1. The van der Waals surface area contributed by atoms with Gasteiger partial charge in [0.15, 0.2) is 5.78 Å². The summed E-state index contributed by atoms with van der Waals surface area (Å²) >= 11 is 0. The molecule has 2 aromatic rings. The Kier molecular flexibility index (Phi) is 5.24. The van der Waals surface area contributed by atoms with Gasteiger partial charge in [-0.15, -0.1) is 0 Å². The third-order valence-electron chi connectivity index (χ3n) is 3.32. The fourth-order valence-electron chi connectivity index (χ4n) is 2.25. The van der Waals surface area contributed by atoms with Crippen molar-refractivity contribution in [1.29, 1.82) is 0 Å². The zero-order valence-electron chi connectivity index (χ0n) is 11.9. The molecular formula is C16H14FNO5. The summed E-state index contributed by atoms with van der Waals surface area (Å²) < 4.78 is 18.3. The minimum Gasteiger partial charge on any atom is -0.480 e. The molecule has 1 aromatic heterocycles. The van der Waals surface area contributed by atoms with E-state index in [1.54, 1.807) is 30.3 Å². The highest BCUT2D eigenvalue weighted by atomic mass is 19.1. The normalized spacial score (nSPS) is 13.1. The van der Waals surface area contributed by atoms with Crippen molar-refractivity contribution < 1.29 is 28.3 Å². The Morgan fingerprint density at radius 3 is 2.48 bits per heavy atom. The average Bonchev–Trinajstić information content (AvgIpc) is 3.04. The molecule has 0 aliphatic rings. The van der Waals surface area contributed by atoms with E-state index < -0.39 is 30.4 Å². The van der Waals surface area contributed by atoms with E-state index in [9.17, 15) is 18.8 Å². The number of carboxylic acid groups (broad SMARTS) is 1. The minimum atomic E-state index is -1.61.